The summed E-state index contributed by atoms with van der Waals surface area (Å²) in [6.45, 7) is 6.45. The molecule has 1 amide bonds. The molecular formula is C39H39N5O5. The number of fused-ring (bicyclic) bond motifs is 1. The Kier molecular flexibility index (Phi) is 9.66. The number of alkyl carbamates (subject to hydrolysis) is 1. The first-order chi connectivity index (χ1) is 23.6. The number of benzene rings is 4. The van der Waals surface area contributed by atoms with Gasteiger partial charge in [-0.2, -0.15) is 4.98 Å². The fourth-order valence-corrected chi connectivity index (χ4v) is 5.24. The molecule has 2 heterocycles. The van der Waals surface area contributed by atoms with Crippen molar-refractivity contribution in [2.45, 2.75) is 46.1 Å². The topological polar surface area (TPSA) is 109 Å². The van der Waals surface area contributed by atoms with Crippen LogP contribution in [-0.4, -0.2) is 25.8 Å². The lowest BCUT2D eigenvalue weighted by Gasteiger charge is -2.19. The number of amides is 1. The van der Waals surface area contributed by atoms with Crippen LogP contribution in [-0.2, 0) is 31.5 Å². The summed E-state index contributed by atoms with van der Waals surface area (Å²) in [4.78, 5) is 30.5. The summed E-state index contributed by atoms with van der Waals surface area (Å²) in [5.41, 5.74) is 5.73. The van der Waals surface area contributed by atoms with Crippen LogP contribution in [0.1, 0.15) is 37.5 Å². The molecular weight excluding hydrogens is 618 g/mol. The van der Waals surface area contributed by atoms with Crippen LogP contribution >= 0.6 is 0 Å². The minimum atomic E-state index is -0.555. The lowest BCUT2D eigenvalue weighted by Crippen LogP contribution is -2.32. The number of anilines is 2. The molecule has 0 atom stereocenters. The highest BCUT2D eigenvalue weighted by molar-refractivity contribution is 5.83. The van der Waals surface area contributed by atoms with Gasteiger partial charge in [0.05, 0.1) is 11.0 Å². The Balaban J connectivity index is 1.24. The molecule has 0 fully saturated rings. The van der Waals surface area contributed by atoms with Crippen molar-refractivity contribution in [1.82, 2.24) is 19.4 Å². The zero-order valence-electron chi connectivity index (χ0n) is 28.0. The van der Waals surface area contributed by atoms with Gasteiger partial charge in [-0.3, -0.25) is 9.13 Å². The predicted octanol–water partition coefficient (Wildman–Crippen LogP) is 7.65. The first-order valence-corrected chi connectivity index (χ1v) is 16.0. The lowest BCUT2D eigenvalue weighted by molar-refractivity contribution is 0.0523. The molecule has 10 heteroatoms. The molecule has 10 nitrogen and oxygen atoms in total. The molecule has 0 aliphatic heterocycles. The van der Waals surface area contributed by atoms with Crippen LogP contribution < -0.4 is 25.8 Å². The summed E-state index contributed by atoms with van der Waals surface area (Å²) in [6, 6.07) is 36.7. The number of hydrogen-bond donors (Lipinski definition) is 2. The first-order valence-electron chi connectivity index (χ1n) is 16.0. The van der Waals surface area contributed by atoms with E-state index < -0.39 is 11.7 Å². The quantitative estimate of drug-likeness (QED) is 0.147. The van der Waals surface area contributed by atoms with E-state index in [0.29, 0.717) is 30.2 Å². The highest BCUT2D eigenvalue weighted by Gasteiger charge is 2.19. The fraction of sp³-hybridized carbons (Fsp3) is 0.205. The van der Waals surface area contributed by atoms with E-state index in [1.807, 2.05) is 124 Å². The number of carbonyl (C=O) groups excluding carboxylic acids is 1. The Hall–Kier alpha value is -6.03. The number of rotatable bonds is 11. The SMILES string of the molecule is Cn1c(=O)n(-c2ccc(OCc3ccccc3)nc2OCc2ccccc2)c2ccc(Nc3ccc(CNC(=O)OC(C)(C)C)cc3)cc21. The molecule has 0 saturated carbocycles. The number of imidazole rings is 1. The van der Waals surface area contributed by atoms with Crippen molar-refractivity contribution in [1.29, 1.82) is 0 Å². The normalized spacial score (nSPS) is 11.3. The Bertz CT molecular complexity index is 2100. The maximum Gasteiger partial charge on any atom is 0.407 e. The first kappa shape index (κ1) is 32.9. The molecule has 0 aliphatic carbocycles. The van der Waals surface area contributed by atoms with Gasteiger partial charge in [-0.1, -0.05) is 72.8 Å². The molecule has 0 saturated heterocycles. The van der Waals surface area contributed by atoms with Gasteiger partial charge in [0, 0.05) is 31.0 Å². The predicted molar refractivity (Wildman–Crippen MR) is 191 cm³/mol. The van der Waals surface area contributed by atoms with Crippen molar-refractivity contribution < 1.29 is 19.0 Å². The fourth-order valence-electron chi connectivity index (χ4n) is 5.24. The standard InChI is InChI=1S/C39H39N5O5/c1-39(2,3)49-37(45)40-24-27-15-17-30(18-16-27)41-31-19-20-32-34(23-31)43(4)38(46)44(32)33-21-22-35(47-25-28-11-7-5-8-12-28)42-36(33)48-26-29-13-9-6-10-14-29/h5-23,41H,24-26H2,1-4H3,(H,40,45). The van der Waals surface area contributed by atoms with Gasteiger partial charge >= 0.3 is 11.8 Å². The number of nitrogens with one attached hydrogen (secondary N) is 2. The van der Waals surface area contributed by atoms with Crippen molar-refractivity contribution in [3.63, 3.8) is 0 Å². The van der Waals surface area contributed by atoms with E-state index in [4.69, 9.17) is 19.2 Å². The third-order valence-electron chi connectivity index (χ3n) is 7.64. The van der Waals surface area contributed by atoms with Gasteiger partial charge in [0.2, 0.25) is 11.8 Å². The third kappa shape index (κ3) is 8.28. The molecule has 0 spiro atoms. The van der Waals surface area contributed by atoms with Crippen LogP contribution in [0.25, 0.3) is 16.7 Å². The maximum atomic E-state index is 13.8. The summed E-state index contributed by atoms with van der Waals surface area (Å²) in [5, 5.41) is 6.18. The molecule has 4 aromatic carbocycles. The van der Waals surface area contributed by atoms with E-state index in [0.717, 1.165) is 33.6 Å². The number of ether oxygens (including phenoxy) is 3. The molecule has 0 aliphatic rings. The van der Waals surface area contributed by atoms with Crippen molar-refractivity contribution in [3.05, 3.63) is 142 Å². The smallest absolute Gasteiger partial charge is 0.407 e. The van der Waals surface area contributed by atoms with Gasteiger partial charge < -0.3 is 24.8 Å². The molecule has 6 aromatic rings. The second-order valence-corrected chi connectivity index (χ2v) is 12.6. The number of aromatic nitrogens is 3. The minimum absolute atomic E-state index is 0.238. The van der Waals surface area contributed by atoms with Crippen LogP contribution in [0.4, 0.5) is 16.2 Å². The Labute approximate surface area is 284 Å². The van der Waals surface area contributed by atoms with E-state index >= 15 is 0 Å². The largest absolute Gasteiger partial charge is 0.473 e. The van der Waals surface area contributed by atoms with Crippen molar-refractivity contribution >= 4 is 28.5 Å². The van der Waals surface area contributed by atoms with Gasteiger partial charge in [0.25, 0.3) is 0 Å². The van der Waals surface area contributed by atoms with Gasteiger partial charge in [0.1, 0.15) is 24.5 Å². The van der Waals surface area contributed by atoms with Crippen LogP contribution in [0.5, 0.6) is 11.8 Å². The average molecular weight is 658 g/mol. The van der Waals surface area contributed by atoms with Gasteiger partial charge in [-0.25, -0.2) is 9.59 Å². The molecule has 0 radical (unpaired) electrons. The Morgan fingerprint density at radius 2 is 1.37 bits per heavy atom. The number of pyridine rings is 1. The van der Waals surface area contributed by atoms with E-state index in [2.05, 4.69) is 10.6 Å². The maximum absolute atomic E-state index is 13.8. The van der Waals surface area contributed by atoms with E-state index in [9.17, 15) is 9.59 Å². The lowest BCUT2D eigenvalue weighted by atomic mass is 10.2. The molecule has 0 unspecified atom stereocenters. The summed E-state index contributed by atoms with van der Waals surface area (Å²) < 4.78 is 20.8. The monoisotopic (exact) mass is 657 g/mol. The van der Waals surface area contributed by atoms with Crippen LogP contribution in [0.2, 0.25) is 0 Å². The molecule has 49 heavy (non-hydrogen) atoms. The zero-order chi connectivity index (χ0) is 34.4. The molecule has 6 rings (SSSR count). The highest BCUT2D eigenvalue weighted by Crippen LogP contribution is 2.29. The van der Waals surface area contributed by atoms with Crippen molar-refractivity contribution in [3.8, 4) is 17.4 Å². The van der Waals surface area contributed by atoms with Crippen LogP contribution in [0.3, 0.4) is 0 Å². The Morgan fingerprint density at radius 3 is 2.02 bits per heavy atom. The van der Waals surface area contributed by atoms with Crippen molar-refractivity contribution in [2.24, 2.45) is 7.05 Å². The number of carbonyl (C=O) groups is 1. The zero-order valence-corrected chi connectivity index (χ0v) is 28.0. The van der Waals surface area contributed by atoms with Gasteiger partial charge in [-0.05, 0) is 73.9 Å². The summed E-state index contributed by atoms with van der Waals surface area (Å²) in [5.74, 6) is 0.676. The number of nitrogens with zero attached hydrogens (tertiary/aromatic N) is 3. The average Bonchev–Trinajstić information content (AvgIpc) is 3.34. The van der Waals surface area contributed by atoms with Gasteiger partial charge in [-0.15, -0.1) is 0 Å². The Morgan fingerprint density at radius 1 is 0.735 bits per heavy atom. The molecule has 0 bridgehead atoms. The van der Waals surface area contributed by atoms with Gasteiger partial charge in [0.15, 0.2) is 0 Å². The summed E-state index contributed by atoms with van der Waals surface area (Å²) in [6.07, 6.45) is -0.460. The molecule has 250 valence electrons. The van der Waals surface area contributed by atoms with Crippen LogP contribution in [0, 0.1) is 0 Å². The van der Waals surface area contributed by atoms with E-state index in [1.165, 1.54) is 0 Å². The number of hydrogen-bond acceptors (Lipinski definition) is 7. The second-order valence-electron chi connectivity index (χ2n) is 12.6. The number of aryl methyl sites for hydroxylation is 1. The van der Waals surface area contributed by atoms with E-state index in [-0.39, 0.29) is 18.2 Å². The van der Waals surface area contributed by atoms with Crippen LogP contribution in [0.15, 0.2) is 120 Å². The van der Waals surface area contributed by atoms with E-state index in [1.54, 1.807) is 28.3 Å². The molecule has 2 aromatic heterocycles. The highest BCUT2D eigenvalue weighted by atomic mass is 16.6. The summed E-state index contributed by atoms with van der Waals surface area (Å²) >= 11 is 0. The summed E-state index contributed by atoms with van der Waals surface area (Å²) in [7, 11) is 1.74. The van der Waals surface area contributed by atoms with Crippen molar-refractivity contribution in [2.75, 3.05) is 5.32 Å². The minimum Gasteiger partial charge on any atom is -0.473 e. The molecule has 2 N–H and O–H groups in total. The second kappa shape index (κ2) is 14.4. The third-order valence-corrected chi connectivity index (χ3v) is 7.64.